The maximum absolute atomic E-state index is 10.6. The Morgan fingerprint density at radius 2 is 2.47 bits per heavy atom. The number of carboxylic acids is 1. The third kappa shape index (κ3) is 2.34. The molecule has 0 fully saturated rings. The number of hydrogen-bond acceptors (Lipinski definition) is 2. The normalized spacial score (nSPS) is 12.1. The second-order valence-corrected chi connectivity index (χ2v) is 3.30. The van der Waals surface area contributed by atoms with E-state index in [1.165, 1.54) is 0 Å². The van der Waals surface area contributed by atoms with Crippen molar-refractivity contribution in [2.24, 2.45) is 0 Å². The third-order valence-corrected chi connectivity index (χ3v) is 2.26. The van der Waals surface area contributed by atoms with Crippen LogP contribution in [0, 0.1) is 11.3 Å². The van der Waals surface area contributed by atoms with Crippen molar-refractivity contribution < 1.29 is 14.5 Å². The summed E-state index contributed by atoms with van der Waals surface area (Å²) in [5.74, 6) is -0.0245. The van der Waals surface area contributed by atoms with Gasteiger partial charge in [-0.05, 0) is 6.92 Å². The van der Waals surface area contributed by atoms with E-state index in [1.807, 2.05) is 6.92 Å². The molecule has 0 amide bonds. The third-order valence-electron chi connectivity index (χ3n) is 2.26. The molecular formula is C10H14N3O2+. The molecule has 1 aromatic rings. The van der Waals surface area contributed by atoms with Crippen LogP contribution in [0.5, 0.6) is 0 Å². The fourth-order valence-corrected chi connectivity index (χ4v) is 1.56. The largest absolute Gasteiger partial charge is 0.478 e. The molecule has 0 saturated heterocycles. The van der Waals surface area contributed by atoms with E-state index in [-0.39, 0.29) is 12.6 Å². The van der Waals surface area contributed by atoms with Crippen molar-refractivity contribution in [1.29, 1.82) is 5.26 Å². The number of nitriles is 1. The van der Waals surface area contributed by atoms with E-state index in [1.54, 1.807) is 28.5 Å². The summed E-state index contributed by atoms with van der Waals surface area (Å²) in [6, 6.07) is 1.86. The van der Waals surface area contributed by atoms with Gasteiger partial charge in [0.25, 0.3) is 5.82 Å². The highest BCUT2D eigenvalue weighted by Gasteiger charge is 2.20. The van der Waals surface area contributed by atoms with Gasteiger partial charge in [0.05, 0.1) is 0 Å². The van der Waals surface area contributed by atoms with E-state index < -0.39 is 5.97 Å². The highest BCUT2D eigenvalue weighted by Crippen LogP contribution is 2.07. The Morgan fingerprint density at radius 1 is 1.80 bits per heavy atom. The van der Waals surface area contributed by atoms with Crippen molar-refractivity contribution in [3.63, 3.8) is 0 Å². The number of rotatable bonds is 4. The lowest BCUT2D eigenvalue weighted by molar-refractivity contribution is -0.692. The molecule has 1 N–H and O–H groups in total. The minimum Gasteiger partial charge on any atom is -0.478 e. The number of aliphatic carboxylic acids is 1. The Labute approximate surface area is 88.2 Å². The van der Waals surface area contributed by atoms with Gasteiger partial charge in [0.15, 0.2) is 12.6 Å². The first kappa shape index (κ1) is 11.2. The summed E-state index contributed by atoms with van der Waals surface area (Å²) in [5.41, 5.74) is 0. The molecule has 5 heteroatoms. The van der Waals surface area contributed by atoms with Crippen LogP contribution in [0.2, 0.25) is 0 Å². The summed E-state index contributed by atoms with van der Waals surface area (Å²) < 4.78 is 3.44. The van der Waals surface area contributed by atoms with Crippen molar-refractivity contribution >= 4 is 5.97 Å². The summed E-state index contributed by atoms with van der Waals surface area (Å²) in [7, 11) is 0. The summed E-state index contributed by atoms with van der Waals surface area (Å²) in [5, 5.41) is 17.5. The molecule has 1 aromatic heterocycles. The van der Waals surface area contributed by atoms with Crippen LogP contribution in [-0.2, 0) is 17.8 Å². The molecule has 5 nitrogen and oxygen atoms in total. The van der Waals surface area contributed by atoms with Crippen LogP contribution in [0.15, 0.2) is 12.4 Å². The van der Waals surface area contributed by atoms with Gasteiger partial charge < -0.3 is 5.11 Å². The van der Waals surface area contributed by atoms with Crippen LogP contribution >= 0.6 is 0 Å². The monoisotopic (exact) mass is 208 g/mol. The molecule has 1 unspecified atom stereocenters. The molecular weight excluding hydrogens is 194 g/mol. The summed E-state index contributed by atoms with van der Waals surface area (Å²) in [4.78, 5) is 10.6. The van der Waals surface area contributed by atoms with Crippen LogP contribution in [0.25, 0.3) is 0 Å². The van der Waals surface area contributed by atoms with Gasteiger partial charge in [-0.1, -0.05) is 6.92 Å². The predicted molar refractivity (Wildman–Crippen MR) is 52.0 cm³/mol. The van der Waals surface area contributed by atoms with Gasteiger partial charge in [-0.3, -0.25) is 0 Å². The van der Waals surface area contributed by atoms with Crippen molar-refractivity contribution in [2.45, 2.75) is 32.9 Å². The lowest BCUT2D eigenvalue weighted by Gasteiger charge is -2.02. The van der Waals surface area contributed by atoms with Gasteiger partial charge in [0, 0.05) is 6.42 Å². The first-order valence-corrected chi connectivity index (χ1v) is 4.80. The smallest absolute Gasteiger partial charge is 0.346 e. The van der Waals surface area contributed by atoms with Gasteiger partial charge in [-0.2, -0.15) is 5.26 Å². The minimum absolute atomic E-state index is 0.0612. The first-order chi connectivity index (χ1) is 7.10. The van der Waals surface area contributed by atoms with E-state index in [9.17, 15) is 4.79 Å². The summed E-state index contributed by atoms with van der Waals surface area (Å²) in [6.45, 7) is 3.66. The van der Waals surface area contributed by atoms with Gasteiger partial charge in [0.2, 0.25) is 0 Å². The molecule has 1 rings (SSSR count). The molecule has 1 heterocycles. The topological polar surface area (TPSA) is 69.9 Å². The number of imidazole rings is 1. The van der Waals surface area contributed by atoms with Crippen LogP contribution in [0.1, 0.15) is 25.7 Å². The fraction of sp³-hybridized carbons (Fsp3) is 0.500. The van der Waals surface area contributed by atoms with E-state index in [0.29, 0.717) is 6.42 Å². The molecule has 0 aliphatic heterocycles. The lowest BCUT2D eigenvalue weighted by atomic mass is 10.3. The van der Waals surface area contributed by atoms with Gasteiger partial charge >= 0.3 is 5.97 Å². The Morgan fingerprint density at radius 3 is 2.93 bits per heavy atom. The molecule has 0 spiro atoms. The van der Waals surface area contributed by atoms with Crippen molar-refractivity contribution in [1.82, 2.24) is 4.57 Å². The first-order valence-electron chi connectivity index (χ1n) is 4.80. The Balaban J connectivity index is 3.06. The fourth-order valence-electron chi connectivity index (χ4n) is 1.56. The SMILES string of the molecule is CCc1n(C(C)C#N)cc[n+]1CC(=O)O. The van der Waals surface area contributed by atoms with E-state index in [2.05, 4.69) is 6.07 Å². The zero-order valence-corrected chi connectivity index (χ0v) is 8.84. The van der Waals surface area contributed by atoms with Crippen molar-refractivity contribution in [3.8, 4) is 6.07 Å². The number of aromatic nitrogens is 2. The van der Waals surface area contributed by atoms with Crippen LogP contribution in [0.4, 0.5) is 0 Å². The van der Waals surface area contributed by atoms with Crippen LogP contribution in [0.3, 0.4) is 0 Å². The second kappa shape index (κ2) is 4.60. The molecule has 0 aliphatic rings. The highest BCUT2D eigenvalue weighted by molar-refractivity contribution is 5.64. The molecule has 0 radical (unpaired) electrons. The Kier molecular flexibility index (Phi) is 3.45. The number of nitrogens with zero attached hydrogens (tertiary/aromatic N) is 3. The molecule has 0 aromatic carbocycles. The minimum atomic E-state index is -0.878. The number of carbonyl (C=O) groups is 1. The molecule has 0 bridgehead atoms. The standard InChI is InChI=1S/C10H13N3O2/c1-3-9-12(7-10(14)15)4-5-13(9)8(2)6-11/h4-5,8H,3,7H2,1-2H3/p+1. The number of carboxylic acid groups (broad SMARTS) is 1. The zero-order valence-electron chi connectivity index (χ0n) is 8.84. The molecule has 1 atom stereocenters. The maximum Gasteiger partial charge on any atom is 0.346 e. The quantitative estimate of drug-likeness (QED) is 0.733. The lowest BCUT2D eigenvalue weighted by Crippen LogP contribution is -2.40. The van der Waals surface area contributed by atoms with Crippen molar-refractivity contribution in [3.05, 3.63) is 18.2 Å². The Hall–Kier alpha value is -1.83. The molecule has 0 saturated carbocycles. The van der Waals surface area contributed by atoms with E-state index >= 15 is 0 Å². The van der Waals surface area contributed by atoms with E-state index in [0.717, 1.165) is 5.82 Å². The highest BCUT2D eigenvalue weighted by atomic mass is 16.4. The van der Waals surface area contributed by atoms with Crippen molar-refractivity contribution in [2.75, 3.05) is 0 Å². The zero-order chi connectivity index (χ0) is 11.4. The Bertz CT molecular complexity index is 403. The predicted octanol–water partition coefficient (Wildman–Crippen LogP) is 0.507. The van der Waals surface area contributed by atoms with Gasteiger partial charge in [-0.25, -0.2) is 13.9 Å². The summed E-state index contributed by atoms with van der Waals surface area (Å²) in [6.07, 6.45) is 4.14. The average molecular weight is 208 g/mol. The second-order valence-electron chi connectivity index (χ2n) is 3.30. The number of hydrogen-bond donors (Lipinski definition) is 1. The van der Waals surface area contributed by atoms with Gasteiger partial charge in [-0.15, -0.1) is 0 Å². The maximum atomic E-state index is 10.6. The average Bonchev–Trinajstić information content (AvgIpc) is 2.58. The molecule has 15 heavy (non-hydrogen) atoms. The molecule has 0 aliphatic carbocycles. The van der Waals surface area contributed by atoms with Gasteiger partial charge in [0.1, 0.15) is 18.5 Å². The molecule has 80 valence electrons. The summed E-state index contributed by atoms with van der Waals surface area (Å²) >= 11 is 0. The van der Waals surface area contributed by atoms with E-state index in [4.69, 9.17) is 10.4 Å². The van der Waals surface area contributed by atoms with Crippen LogP contribution in [-0.4, -0.2) is 15.6 Å². The van der Waals surface area contributed by atoms with Crippen LogP contribution < -0.4 is 4.57 Å².